The molecule has 1 saturated carbocycles. The Hall–Kier alpha value is -2.91. The van der Waals surface area contributed by atoms with Crippen LogP contribution in [0.25, 0.3) is 10.2 Å². The predicted molar refractivity (Wildman–Crippen MR) is 139 cm³/mol. The van der Waals surface area contributed by atoms with Crippen LogP contribution in [0, 0.1) is 29.1 Å². The number of halogens is 3. The normalized spacial score (nSPS) is 26.7. The van der Waals surface area contributed by atoms with Gasteiger partial charge in [-0.1, -0.05) is 6.92 Å². The van der Waals surface area contributed by atoms with E-state index in [0.29, 0.717) is 33.6 Å². The van der Waals surface area contributed by atoms with E-state index in [2.05, 4.69) is 33.2 Å². The number of fused-ring (bicyclic) bond motifs is 2. The minimum Gasteiger partial charge on any atom is -0.368 e. The molecule has 2 aromatic heterocycles. The molecule has 8 nitrogen and oxygen atoms in total. The number of nitrogens with zero attached hydrogens (tertiary/aromatic N) is 5. The van der Waals surface area contributed by atoms with Gasteiger partial charge >= 0.3 is 6.18 Å². The molecule has 3 aliphatic rings. The molecule has 2 aliphatic heterocycles. The molecule has 2 fully saturated rings. The average molecular weight is 548 g/mol. The minimum atomic E-state index is -4.25. The SMILES string of the molecule is CC1C(CN2CCC(Nc3ncnc4sc(CC(F)(F)F)cc34)CC2)CCC2C1C=C(C#N)N2CC(N)=O. The third-order valence-electron chi connectivity index (χ3n) is 8.31. The highest BCUT2D eigenvalue weighted by Gasteiger charge is 2.44. The van der Waals surface area contributed by atoms with Gasteiger partial charge < -0.3 is 20.9 Å². The van der Waals surface area contributed by atoms with Gasteiger partial charge in [0, 0.05) is 42.5 Å². The number of anilines is 1. The van der Waals surface area contributed by atoms with Crippen molar-refractivity contribution in [3.63, 3.8) is 0 Å². The quantitative estimate of drug-likeness (QED) is 0.541. The third kappa shape index (κ3) is 5.73. The van der Waals surface area contributed by atoms with Crippen molar-refractivity contribution >= 4 is 33.3 Å². The lowest BCUT2D eigenvalue weighted by Gasteiger charge is -2.43. The van der Waals surface area contributed by atoms with Crippen molar-refractivity contribution in [1.82, 2.24) is 19.8 Å². The molecular weight excluding hydrogens is 515 g/mol. The summed E-state index contributed by atoms with van der Waals surface area (Å²) in [5.74, 6) is 1.33. The van der Waals surface area contributed by atoms with Gasteiger partial charge in [0.1, 0.15) is 28.7 Å². The largest absolute Gasteiger partial charge is 0.393 e. The number of likely N-dealkylation sites (tertiary alicyclic amines) is 1. The Morgan fingerprint density at radius 3 is 2.71 bits per heavy atom. The number of hydrogen-bond donors (Lipinski definition) is 2. The van der Waals surface area contributed by atoms with Crippen LogP contribution in [0.5, 0.6) is 0 Å². The van der Waals surface area contributed by atoms with E-state index in [9.17, 15) is 23.2 Å². The van der Waals surface area contributed by atoms with Crippen LogP contribution in [0.2, 0.25) is 0 Å². The van der Waals surface area contributed by atoms with E-state index in [-0.39, 0.29) is 29.4 Å². The molecule has 3 N–H and O–H groups in total. The number of primary amides is 1. The lowest BCUT2D eigenvalue weighted by molar-refractivity contribution is -0.126. The number of allylic oxidation sites excluding steroid dienone is 1. The van der Waals surface area contributed by atoms with E-state index in [4.69, 9.17) is 5.73 Å². The van der Waals surface area contributed by atoms with Crippen LogP contribution in [0.15, 0.2) is 24.2 Å². The number of nitriles is 1. The van der Waals surface area contributed by atoms with Crippen molar-refractivity contribution in [2.75, 3.05) is 31.5 Å². The number of amides is 1. The first-order chi connectivity index (χ1) is 18.1. The van der Waals surface area contributed by atoms with Crippen LogP contribution in [0.1, 0.15) is 37.5 Å². The molecule has 5 rings (SSSR count). The fourth-order valence-corrected chi connectivity index (χ4v) is 7.43. The zero-order valence-corrected chi connectivity index (χ0v) is 22.1. The van der Waals surface area contributed by atoms with Gasteiger partial charge in [0.2, 0.25) is 5.91 Å². The van der Waals surface area contributed by atoms with Gasteiger partial charge in [0.25, 0.3) is 0 Å². The standard InChI is InChI=1S/C26H32F3N7OS/c1-15-16(2-3-22-20(15)8-18(11-30)36(22)13-23(31)37)12-35-6-4-17(5-7-35)34-24-21-9-19(10-26(27,28)29)38-25(21)33-14-32-24/h8-9,14-17,20,22H,2-7,10,12-13H2,1H3,(H2,31,37)(H,32,33,34). The molecule has 38 heavy (non-hydrogen) atoms. The van der Waals surface area contributed by atoms with Gasteiger partial charge in [-0.3, -0.25) is 4.79 Å². The smallest absolute Gasteiger partial charge is 0.368 e. The molecule has 1 aliphatic carbocycles. The van der Waals surface area contributed by atoms with Gasteiger partial charge in [-0.2, -0.15) is 18.4 Å². The Kier molecular flexibility index (Phi) is 7.51. The molecule has 0 spiro atoms. The Morgan fingerprint density at radius 2 is 2.03 bits per heavy atom. The molecule has 0 aromatic carbocycles. The second-order valence-corrected chi connectivity index (χ2v) is 11.9. The number of alkyl halides is 3. The maximum absolute atomic E-state index is 12.8. The molecule has 12 heteroatoms. The first-order valence-electron chi connectivity index (χ1n) is 13.1. The van der Waals surface area contributed by atoms with Crippen molar-refractivity contribution in [2.24, 2.45) is 23.5 Å². The molecule has 0 bridgehead atoms. The summed E-state index contributed by atoms with van der Waals surface area (Å²) >= 11 is 1.06. The summed E-state index contributed by atoms with van der Waals surface area (Å²) < 4.78 is 38.5. The van der Waals surface area contributed by atoms with Crippen LogP contribution in [-0.4, -0.2) is 70.1 Å². The van der Waals surface area contributed by atoms with Crippen LogP contribution >= 0.6 is 11.3 Å². The fraction of sp³-hybridized carbons (Fsp3) is 0.615. The molecule has 4 atom stereocenters. The van der Waals surface area contributed by atoms with Crippen LogP contribution in [-0.2, 0) is 11.2 Å². The minimum absolute atomic E-state index is 0.0894. The van der Waals surface area contributed by atoms with E-state index in [1.807, 2.05) is 11.0 Å². The predicted octanol–water partition coefficient (Wildman–Crippen LogP) is 3.91. The lowest BCUT2D eigenvalue weighted by atomic mass is 9.70. The number of piperidine rings is 1. The number of hydrogen-bond acceptors (Lipinski definition) is 8. The van der Waals surface area contributed by atoms with Gasteiger partial charge in [-0.05, 0) is 49.7 Å². The number of thiophene rings is 1. The average Bonchev–Trinajstić information content (AvgIpc) is 3.42. The number of rotatable bonds is 7. The summed E-state index contributed by atoms with van der Waals surface area (Å²) in [6, 6.07) is 4.16. The summed E-state index contributed by atoms with van der Waals surface area (Å²) in [5, 5.41) is 13.7. The fourth-order valence-electron chi connectivity index (χ4n) is 6.41. The van der Waals surface area contributed by atoms with Gasteiger partial charge in [-0.15, -0.1) is 11.3 Å². The molecule has 2 aromatic rings. The first-order valence-corrected chi connectivity index (χ1v) is 13.9. The zero-order chi connectivity index (χ0) is 27.0. The summed E-state index contributed by atoms with van der Waals surface area (Å²) in [5.41, 5.74) is 5.99. The number of carbonyl (C=O) groups is 1. The summed E-state index contributed by atoms with van der Waals surface area (Å²) in [4.78, 5) is 25.2. The van der Waals surface area contributed by atoms with Crippen molar-refractivity contribution in [1.29, 1.82) is 5.26 Å². The molecular formula is C26H32F3N7OS. The molecule has 1 saturated heterocycles. The summed E-state index contributed by atoms with van der Waals surface area (Å²) in [7, 11) is 0. The van der Waals surface area contributed by atoms with E-state index in [0.717, 1.165) is 56.7 Å². The van der Waals surface area contributed by atoms with Crippen LogP contribution in [0.4, 0.5) is 19.0 Å². The Morgan fingerprint density at radius 1 is 1.26 bits per heavy atom. The van der Waals surface area contributed by atoms with Crippen LogP contribution in [0.3, 0.4) is 0 Å². The topological polar surface area (TPSA) is 111 Å². The van der Waals surface area contributed by atoms with Gasteiger partial charge in [0.05, 0.1) is 18.4 Å². The second-order valence-electron chi connectivity index (χ2n) is 10.8. The summed E-state index contributed by atoms with van der Waals surface area (Å²) in [6.07, 6.45) is 2.06. The number of nitrogens with two attached hydrogens (primary N) is 1. The molecule has 204 valence electrons. The number of nitrogens with one attached hydrogen (secondary N) is 1. The van der Waals surface area contributed by atoms with Crippen molar-refractivity contribution in [3.05, 3.63) is 29.0 Å². The Balaban J connectivity index is 1.16. The molecule has 0 radical (unpaired) electrons. The van der Waals surface area contributed by atoms with E-state index >= 15 is 0 Å². The van der Waals surface area contributed by atoms with E-state index < -0.39 is 18.5 Å². The maximum Gasteiger partial charge on any atom is 0.393 e. The Bertz CT molecular complexity index is 1250. The maximum atomic E-state index is 12.8. The zero-order valence-electron chi connectivity index (χ0n) is 21.2. The van der Waals surface area contributed by atoms with Crippen molar-refractivity contribution in [3.8, 4) is 6.07 Å². The van der Waals surface area contributed by atoms with Crippen molar-refractivity contribution in [2.45, 2.75) is 57.3 Å². The molecule has 4 heterocycles. The van der Waals surface area contributed by atoms with Gasteiger partial charge in [-0.25, -0.2) is 9.97 Å². The lowest BCUT2D eigenvalue weighted by Crippen LogP contribution is -2.48. The summed E-state index contributed by atoms with van der Waals surface area (Å²) in [6.45, 7) is 5.19. The molecule has 1 amide bonds. The van der Waals surface area contributed by atoms with Crippen LogP contribution < -0.4 is 11.1 Å². The third-order valence-corrected chi connectivity index (χ3v) is 9.35. The monoisotopic (exact) mass is 547 g/mol. The highest BCUT2D eigenvalue weighted by Crippen LogP contribution is 2.44. The Labute approximate surface area is 223 Å². The highest BCUT2D eigenvalue weighted by molar-refractivity contribution is 7.18. The van der Waals surface area contributed by atoms with Gasteiger partial charge in [0.15, 0.2) is 0 Å². The molecule has 4 unspecified atom stereocenters. The van der Waals surface area contributed by atoms with E-state index in [1.54, 1.807) is 6.07 Å². The second kappa shape index (κ2) is 10.7. The number of carbonyl (C=O) groups excluding carboxylic acids is 1. The first kappa shape index (κ1) is 26.7. The van der Waals surface area contributed by atoms with E-state index in [1.165, 1.54) is 6.33 Å². The number of aromatic nitrogens is 2. The highest BCUT2D eigenvalue weighted by atomic mass is 32.1. The van der Waals surface area contributed by atoms with Crippen molar-refractivity contribution < 1.29 is 18.0 Å².